The molecule has 0 bridgehead atoms. The van der Waals surface area contributed by atoms with Crippen molar-refractivity contribution < 1.29 is 0 Å². The van der Waals surface area contributed by atoms with Gasteiger partial charge in [-0.3, -0.25) is 0 Å². The van der Waals surface area contributed by atoms with E-state index in [1.165, 1.54) is 16.6 Å². The van der Waals surface area contributed by atoms with Gasteiger partial charge in [0.05, 0.1) is 0 Å². The molecule has 0 unspecified atom stereocenters. The van der Waals surface area contributed by atoms with Crippen LogP contribution in [0.1, 0.15) is 12.8 Å². The Kier molecular flexibility index (Phi) is 1.55. The van der Waals surface area contributed by atoms with Crippen LogP contribution in [0.15, 0.2) is 0 Å². The smallest absolute Gasteiger partial charge is 0.0699 e. The molecule has 0 aliphatic heterocycles. The highest BCUT2D eigenvalue weighted by Crippen LogP contribution is 2.44. The molecule has 0 aromatic carbocycles. The monoisotopic (exact) mass is 211 g/mol. The minimum atomic E-state index is 0.852. The normalized spacial score (nSPS) is 22.5. The average Bonchev–Trinajstić information content (AvgIpc) is 2.06. The molecule has 0 spiro atoms. The summed E-state index contributed by atoms with van der Waals surface area (Å²) >= 11 is 6.67. The predicted molar refractivity (Wildman–Crippen MR) is 33.8 cm³/mol. The molecule has 0 N–H and O–H groups in total. The third kappa shape index (κ3) is 1.23. The van der Waals surface area contributed by atoms with E-state index in [2.05, 4.69) is 31.9 Å². The number of rotatable bonds is 1. The van der Waals surface area contributed by atoms with Gasteiger partial charge in [0.25, 0.3) is 0 Å². The number of hydrogen-bond donors (Lipinski definition) is 0. The molecule has 0 amide bonds. The molecule has 1 aliphatic carbocycles. The zero-order valence-corrected chi connectivity index (χ0v) is 6.42. The molecule has 0 aromatic heterocycles. The van der Waals surface area contributed by atoms with E-state index in [4.69, 9.17) is 0 Å². The summed E-state index contributed by atoms with van der Waals surface area (Å²) in [5.74, 6) is 0.852. The van der Waals surface area contributed by atoms with E-state index < -0.39 is 0 Å². The highest BCUT2D eigenvalue weighted by Gasteiger charge is 2.27. The van der Waals surface area contributed by atoms with Gasteiger partial charge in [-0.2, -0.15) is 0 Å². The largest absolute Gasteiger partial charge is 0.109 e. The van der Waals surface area contributed by atoms with Crippen LogP contribution in [0.5, 0.6) is 0 Å². The van der Waals surface area contributed by atoms with Gasteiger partial charge in [0, 0.05) is 0 Å². The van der Waals surface area contributed by atoms with Crippen molar-refractivity contribution in [3.63, 3.8) is 0 Å². The van der Waals surface area contributed by atoms with Gasteiger partial charge < -0.3 is 0 Å². The van der Waals surface area contributed by atoms with Crippen LogP contribution in [0.4, 0.5) is 0 Å². The first kappa shape index (κ1) is 5.10. The van der Waals surface area contributed by atoms with Crippen molar-refractivity contribution in [2.75, 3.05) is 0 Å². The fraction of sp³-hybridized carbons (Fsp3) is 0.750. The molecule has 2 heteroatoms. The third-order valence-electron chi connectivity index (χ3n) is 0.886. The molecule has 1 rings (SSSR count). The van der Waals surface area contributed by atoms with Crippen LogP contribution < -0.4 is 0 Å². The summed E-state index contributed by atoms with van der Waals surface area (Å²) in [7, 11) is 0. The molecule has 0 nitrogen and oxygen atoms in total. The SMILES string of the molecule is Br[C](Br)C1CC1. The van der Waals surface area contributed by atoms with E-state index in [1.54, 1.807) is 0 Å². The molecule has 1 radical (unpaired) electrons. The lowest BCUT2D eigenvalue weighted by Crippen LogP contribution is -1.70. The van der Waals surface area contributed by atoms with E-state index in [-0.39, 0.29) is 0 Å². The molecule has 6 heavy (non-hydrogen) atoms. The number of halogens is 2. The lowest BCUT2D eigenvalue weighted by atomic mass is 10.5. The summed E-state index contributed by atoms with van der Waals surface area (Å²) < 4.78 is 1.25. The van der Waals surface area contributed by atoms with Crippen molar-refractivity contribution in [3.05, 3.63) is 3.74 Å². The van der Waals surface area contributed by atoms with Crippen LogP contribution in [0.3, 0.4) is 0 Å². The summed E-state index contributed by atoms with van der Waals surface area (Å²) in [4.78, 5) is 0. The van der Waals surface area contributed by atoms with E-state index in [9.17, 15) is 0 Å². The summed E-state index contributed by atoms with van der Waals surface area (Å²) in [6, 6.07) is 0. The maximum absolute atomic E-state index is 3.33. The Morgan fingerprint density at radius 2 is 1.83 bits per heavy atom. The van der Waals surface area contributed by atoms with E-state index in [0.717, 1.165) is 5.92 Å². The first-order chi connectivity index (χ1) is 2.80. The second-order valence-electron chi connectivity index (χ2n) is 1.56. The Bertz CT molecular complexity index is 47.5. The molecular formula is C4H5Br2. The Morgan fingerprint density at radius 1 is 1.33 bits per heavy atom. The summed E-state index contributed by atoms with van der Waals surface area (Å²) in [6.45, 7) is 0. The van der Waals surface area contributed by atoms with Crippen molar-refractivity contribution in [2.45, 2.75) is 12.8 Å². The maximum atomic E-state index is 3.33. The molecule has 0 saturated heterocycles. The third-order valence-corrected chi connectivity index (χ3v) is 2.18. The molecule has 1 aliphatic rings. The lowest BCUT2D eigenvalue weighted by molar-refractivity contribution is 1.08. The van der Waals surface area contributed by atoms with Crippen LogP contribution in [-0.2, 0) is 0 Å². The fourth-order valence-corrected chi connectivity index (χ4v) is 1.22. The first-order valence-corrected chi connectivity index (χ1v) is 3.57. The van der Waals surface area contributed by atoms with E-state index in [1.807, 2.05) is 0 Å². The molecular weight excluding hydrogens is 208 g/mol. The standard InChI is InChI=1S/C4H5Br2/c5-4(6)3-1-2-3/h3H,1-2H2. The Hall–Kier alpha value is 0.960. The maximum Gasteiger partial charge on any atom is 0.109 e. The molecule has 0 atom stereocenters. The minimum absolute atomic E-state index is 0.852. The van der Waals surface area contributed by atoms with Gasteiger partial charge in [0.2, 0.25) is 0 Å². The average molecular weight is 213 g/mol. The van der Waals surface area contributed by atoms with Crippen molar-refractivity contribution in [1.82, 2.24) is 0 Å². The van der Waals surface area contributed by atoms with E-state index in [0.29, 0.717) is 0 Å². The summed E-state index contributed by atoms with van der Waals surface area (Å²) in [5.41, 5.74) is 0. The van der Waals surface area contributed by atoms with Gasteiger partial charge in [-0.1, -0.05) is 31.9 Å². The van der Waals surface area contributed by atoms with Crippen LogP contribution in [0.2, 0.25) is 0 Å². The second kappa shape index (κ2) is 1.83. The quantitative estimate of drug-likeness (QED) is 0.627. The Balaban J connectivity index is 2.13. The van der Waals surface area contributed by atoms with Gasteiger partial charge >= 0.3 is 0 Å². The van der Waals surface area contributed by atoms with Crippen molar-refractivity contribution in [1.29, 1.82) is 0 Å². The highest BCUT2D eigenvalue weighted by molar-refractivity contribution is 9.27. The molecule has 1 fully saturated rings. The zero-order chi connectivity index (χ0) is 4.57. The van der Waals surface area contributed by atoms with Crippen LogP contribution in [0.25, 0.3) is 0 Å². The zero-order valence-electron chi connectivity index (χ0n) is 3.25. The molecule has 0 aromatic rings. The minimum Gasteiger partial charge on any atom is -0.0699 e. The van der Waals surface area contributed by atoms with Crippen LogP contribution in [-0.4, -0.2) is 0 Å². The second-order valence-corrected chi connectivity index (χ2v) is 4.34. The summed E-state index contributed by atoms with van der Waals surface area (Å²) in [6.07, 6.45) is 2.73. The fourth-order valence-electron chi connectivity index (χ4n) is 0.302. The van der Waals surface area contributed by atoms with Gasteiger partial charge in [-0.15, -0.1) is 0 Å². The van der Waals surface area contributed by atoms with Gasteiger partial charge in [0.1, 0.15) is 3.74 Å². The van der Waals surface area contributed by atoms with Crippen molar-refractivity contribution in [3.8, 4) is 0 Å². The Labute approximate surface area is 54.6 Å². The van der Waals surface area contributed by atoms with E-state index >= 15 is 0 Å². The van der Waals surface area contributed by atoms with Gasteiger partial charge in [0.15, 0.2) is 0 Å². The molecule has 0 heterocycles. The topological polar surface area (TPSA) is 0 Å². The van der Waals surface area contributed by atoms with Crippen LogP contribution >= 0.6 is 31.9 Å². The predicted octanol–water partition coefficient (Wildman–Crippen LogP) is 2.68. The van der Waals surface area contributed by atoms with Crippen molar-refractivity contribution in [2.24, 2.45) is 5.92 Å². The van der Waals surface area contributed by atoms with Gasteiger partial charge in [-0.25, -0.2) is 0 Å². The molecule has 1 saturated carbocycles. The first-order valence-electron chi connectivity index (χ1n) is 1.98. The Morgan fingerprint density at radius 3 is 1.83 bits per heavy atom. The van der Waals surface area contributed by atoms with Crippen molar-refractivity contribution >= 4 is 31.9 Å². The number of hydrogen-bond acceptors (Lipinski definition) is 0. The summed E-state index contributed by atoms with van der Waals surface area (Å²) in [5, 5.41) is 0. The highest BCUT2D eigenvalue weighted by atomic mass is 79.9. The lowest BCUT2D eigenvalue weighted by Gasteiger charge is -1.87. The molecule has 35 valence electrons. The van der Waals surface area contributed by atoms with Crippen LogP contribution in [0, 0.1) is 9.65 Å². The van der Waals surface area contributed by atoms with Gasteiger partial charge in [-0.05, 0) is 18.8 Å².